The number of ether oxygens (including phenoxy) is 1. The molecule has 0 bridgehead atoms. The summed E-state index contributed by atoms with van der Waals surface area (Å²) < 4.78 is 63.5. The maximum atomic E-state index is 12.2. The van der Waals surface area contributed by atoms with E-state index in [0.717, 1.165) is 0 Å². The monoisotopic (exact) mass is 206 g/mol. The minimum absolute atomic E-state index is 1.01. The fourth-order valence-corrected chi connectivity index (χ4v) is 0.389. The van der Waals surface area contributed by atoms with Gasteiger partial charge in [-0.15, -0.1) is 0 Å². The standard InChI is InChI=1S/C7H11F5O/c1-5(2,3)13-4-6(8,9)7(10,11)12/h4H2,1-3H3. The van der Waals surface area contributed by atoms with Crippen LogP contribution in [0.5, 0.6) is 0 Å². The predicted molar refractivity (Wildman–Crippen MR) is 36.7 cm³/mol. The summed E-state index contributed by atoms with van der Waals surface area (Å²) in [4.78, 5) is 0. The van der Waals surface area contributed by atoms with Crippen molar-refractivity contribution in [3.8, 4) is 0 Å². The molecule has 0 aliphatic heterocycles. The molecule has 80 valence electrons. The van der Waals surface area contributed by atoms with Crippen LogP contribution in [0.25, 0.3) is 0 Å². The molecule has 0 aliphatic carbocycles. The van der Waals surface area contributed by atoms with Crippen LogP contribution >= 0.6 is 0 Å². The lowest BCUT2D eigenvalue weighted by Crippen LogP contribution is -2.42. The number of hydrogen-bond donors (Lipinski definition) is 0. The maximum absolute atomic E-state index is 12.2. The highest BCUT2D eigenvalue weighted by Crippen LogP contribution is 2.36. The normalized spacial score (nSPS) is 14.8. The maximum Gasteiger partial charge on any atom is 0.455 e. The van der Waals surface area contributed by atoms with Gasteiger partial charge in [-0.1, -0.05) is 0 Å². The van der Waals surface area contributed by atoms with E-state index >= 15 is 0 Å². The first-order valence-electron chi connectivity index (χ1n) is 3.54. The van der Waals surface area contributed by atoms with Crippen LogP contribution in [0.4, 0.5) is 22.0 Å². The van der Waals surface area contributed by atoms with Crippen LogP contribution in [0.2, 0.25) is 0 Å². The van der Waals surface area contributed by atoms with E-state index in [-0.39, 0.29) is 0 Å². The van der Waals surface area contributed by atoms with Crippen LogP contribution in [-0.4, -0.2) is 24.3 Å². The molecule has 0 fully saturated rings. The zero-order valence-corrected chi connectivity index (χ0v) is 7.51. The van der Waals surface area contributed by atoms with Crippen molar-refractivity contribution in [1.29, 1.82) is 0 Å². The summed E-state index contributed by atoms with van der Waals surface area (Å²) in [7, 11) is 0. The molecule has 6 heteroatoms. The number of hydrogen-bond acceptors (Lipinski definition) is 1. The van der Waals surface area contributed by atoms with E-state index in [9.17, 15) is 22.0 Å². The third-order valence-corrected chi connectivity index (χ3v) is 1.10. The predicted octanol–water partition coefficient (Wildman–Crippen LogP) is 3.00. The lowest BCUT2D eigenvalue weighted by molar-refractivity contribution is -0.303. The molecule has 0 spiro atoms. The molecular weight excluding hydrogens is 195 g/mol. The first-order chi connectivity index (χ1) is 5.46. The summed E-state index contributed by atoms with van der Waals surface area (Å²) in [5.41, 5.74) is -1.01. The molecule has 13 heavy (non-hydrogen) atoms. The Hall–Kier alpha value is -0.390. The molecule has 0 rings (SSSR count). The average molecular weight is 206 g/mol. The molecule has 0 N–H and O–H groups in total. The number of rotatable bonds is 2. The van der Waals surface area contributed by atoms with Gasteiger partial charge in [0.2, 0.25) is 0 Å². The van der Waals surface area contributed by atoms with Crippen molar-refractivity contribution in [1.82, 2.24) is 0 Å². The fraction of sp³-hybridized carbons (Fsp3) is 1.00. The average Bonchev–Trinajstić information content (AvgIpc) is 1.79. The van der Waals surface area contributed by atoms with E-state index in [0.29, 0.717) is 0 Å². The van der Waals surface area contributed by atoms with Gasteiger partial charge in [-0.05, 0) is 20.8 Å². The second kappa shape index (κ2) is 3.40. The summed E-state index contributed by atoms with van der Waals surface area (Å²) in [5, 5.41) is 0. The van der Waals surface area contributed by atoms with Crippen LogP contribution in [0, 0.1) is 0 Å². The van der Waals surface area contributed by atoms with Gasteiger partial charge in [-0.3, -0.25) is 0 Å². The topological polar surface area (TPSA) is 9.23 Å². The van der Waals surface area contributed by atoms with Crippen LogP contribution < -0.4 is 0 Å². The molecule has 0 atom stereocenters. The van der Waals surface area contributed by atoms with Gasteiger partial charge in [-0.25, -0.2) is 0 Å². The summed E-state index contributed by atoms with van der Waals surface area (Å²) in [6.07, 6.45) is -5.54. The number of alkyl halides is 5. The molecule has 0 aromatic heterocycles. The Kier molecular flexibility index (Phi) is 3.30. The van der Waals surface area contributed by atoms with Crippen molar-refractivity contribution in [2.45, 2.75) is 38.5 Å². The second-order valence-corrected chi connectivity index (χ2v) is 3.60. The summed E-state index contributed by atoms with van der Waals surface area (Å²) in [6.45, 7) is 2.57. The summed E-state index contributed by atoms with van der Waals surface area (Å²) in [6, 6.07) is 0. The number of halogens is 5. The lowest BCUT2D eigenvalue weighted by atomic mass is 10.2. The third kappa shape index (κ3) is 4.40. The second-order valence-electron chi connectivity index (χ2n) is 3.60. The SMILES string of the molecule is CC(C)(C)OCC(F)(F)C(F)(F)F. The molecule has 0 amide bonds. The van der Waals surface area contributed by atoms with Crippen LogP contribution in [0.3, 0.4) is 0 Å². The van der Waals surface area contributed by atoms with E-state index in [2.05, 4.69) is 4.74 Å². The summed E-state index contributed by atoms with van der Waals surface area (Å²) in [5.74, 6) is -4.78. The van der Waals surface area contributed by atoms with Crippen molar-refractivity contribution in [3.05, 3.63) is 0 Å². The molecule has 0 saturated heterocycles. The van der Waals surface area contributed by atoms with Gasteiger partial charge in [-0.2, -0.15) is 22.0 Å². The molecular formula is C7H11F5O. The van der Waals surface area contributed by atoms with Gasteiger partial charge in [0.1, 0.15) is 6.61 Å². The minimum atomic E-state index is -5.54. The quantitative estimate of drug-likeness (QED) is 0.631. The van der Waals surface area contributed by atoms with Gasteiger partial charge in [0.25, 0.3) is 0 Å². The highest BCUT2D eigenvalue weighted by molar-refractivity contribution is 4.76. The Bertz CT molecular complexity index is 167. The molecule has 0 aromatic carbocycles. The van der Waals surface area contributed by atoms with Gasteiger partial charge >= 0.3 is 12.1 Å². The van der Waals surface area contributed by atoms with Crippen molar-refractivity contribution in [2.24, 2.45) is 0 Å². The zero-order chi connectivity index (χ0) is 10.9. The van der Waals surface area contributed by atoms with Crippen LogP contribution in [0.15, 0.2) is 0 Å². The zero-order valence-electron chi connectivity index (χ0n) is 7.51. The van der Waals surface area contributed by atoms with Crippen LogP contribution in [0.1, 0.15) is 20.8 Å². The highest BCUT2D eigenvalue weighted by atomic mass is 19.4. The summed E-state index contributed by atoms with van der Waals surface area (Å²) >= 11 is 0. The van der Waals surface area contributed by atoms with Crippen molar-refractivity contribution >= 4 is 0 Å². The Morgan fingerprint density at radius 1 is 0.923 bits per heavy atom. The fourth-order valence-electron chi connectivity index (χ4n) is 0.389. The Morgan fingerprint density at radius 2 is 1.31 bits per heavy atom. The van der Waals surface area contributed by atoms with Crippen molar-refractivity contribution in [2.75, 3.05) is 6.61 Å². The van der Waals surface area contributed by atoms with E-state index < -0.39 is 24.3 Å². The molecule has 0 heterocycles. The highest BCUT2D eigenvalue weighted by Gasteiger charge is 2.58. The van der Waals surface area contributed by atoms with E-state index in [4.69, 9.17) is 0 Å². The molecule has 0 saturated carbocycles. The first kappa shape index (κ1) is 12.6. The third-order valence-electron chi connectivity index (χ3n) is 1.10. The Labute approximate surface area is 72.9 Å². The largest absolute Gasteiger partial charge is 0.455 e. The van der Waals surface area contributed by atoms with Crippen LogP contribution in [-0.2, 0) is 4.74 Å². The smallest absolute Gasteiger partial charge is 0.369 e. The first-order valence-corrected chi connectivity index (χ1v) is 3.54. The lowest BCUT2D eigenvalue weighted by Gasteiger charge is -2.25. The molecule has 0 aromatic rings. The van der Waals surface area contributed by atoms with Gasteiger partial charge in [0.05, 0.1) is 5.60 Å². The molecule has 0 aliphatic rings. The van der Waals surface area contributed by atoms with Crippen molar-refractivity contribution < 1.29 is 26.7 Å². The van der Waals surface area contributed by atoms with E-state index in [1.807, 2.05) is 0 Å². The Morgan fingerprint density at radius 3 is 1.54 bits per heavy atom. The molecule has 0 radical (unpaired) electrons. The van der Waals surface area contributed by atoms with Gasteiger partial charge in [0, 0.05) is 0 Å². The van der Waals surface area contributed by atoms with E-state index in [1.165, 1.54) is 20.8 Å². The molecule has 0 unspecified atom stereocenters. The van der Waals surface area contributed by atoms with Gasteiger partial charge < -0.3 is 4.74 Å². The Balaban J connectivity index is 4.21. The van der Waals surface area contributed by atoms with Gasteiger partial charge in [0.15, 0.2) is 0 Å². The van der Waals surface area contributed by atoms with E-state index in [1.54, 1.807) is 0 Å². The van der Waals surface area contributed by atoms with Crippen molar-refractivity contribution in [3.63, 3.8) is 0 Å². The molecule has 1 nitrogen and oxygen atoms in total. The minimum Gasteiger partial charge on any atom is -0.369 e.